The maximum absolute atomic E-state index is 11.7. The van der Waals surface area contributed by atoms with Crippen molar-refractivity contribution >= 4 is 22.7 Å². The van der Waals surface area contributed by atoms with Crippen LogP contribution in [-0.4, -0.2) is 21.8 Å². The lowest BCUT2D eigenvalue weighted by atomic mass is 9.99. The number of aromatic carboxylic acids is 1. The number of rotatable bonds is 4. The standard InChI is InChI=1S/C18H13NO3/c1-2-17(20)16-10-14-13(7-4-8-15(14)19-16)11-5-3-6-12(9-11)18(21)22/h2-10,19H,1H2,(H,21,22). The Morgan fingerprint density at radius 1 is 1.09 bits per heavy atom. The quantitative estimate of drug-likeness (QED) is 0.565. The van der Waals surface area contributed by atoms with Gasteiger partial charge in [0.2, 0.25) is 5.78 Å². The Balaban J connectivity index is 2.20. The molecule has 0 aliphatic carbocycles. The summed E-state index contributed by atoms with van der Waals surface area (Å²) in [4.78, 5) is 25.9. The first-order valence-corrected chi connectivity index (χ1v) is 6.72. The minimum Gasteiger partial charge on any atom is -0.478 e. The van der Waals surface area contributed by atoms with Gasteiger partial charge in [-0.2, -0.15) is 0 Å². The Kier molecular flexibility index (Phi) is 3.35. The number of benzene rings is 2. The molecule has 4 heteroatoms. The first-order valence-electron chi connectivity index (χ1n) is 6.72. The Morgan fingerprint density at radius 2 is 1.86 bits per heavy atom. The zero-order valence-corrected chi connectivity index (χ0v) is 11.7. The fraction of sp³-hybridized carbons (Fsp3) is 0. The number of carboxylic acid groups (broad SMARTS) is 1. The second-order valence-corrected chi connectivity index (χ2v) is 4.90. The molecule has 3 aromatic rings. The number of hydrogen-bond donors (Lipinski definition) is 2. The van der Waals surface area contributed by atoms with Gasteiger partial charge in [0.1, 0.15) is 0 Å². The van der Waals surface area contributed by atoms with Crippen molar-refractivity contribution in [2.24, 2.45) is 0 Å². The number of aromatic amines is 1. The topological polar surface area (TPSA) is 70.2 Å². The van der Waals surface area contributed by atoms with E-state index in [4.69, 9.17) is 5.11 Å². The molecular formula is C18H13NO3. The molecule has 2 aromatic carbocycles. The lowest BCUT2D eigenvalue weighted by molar-refractivity contribution is 0.0696. The Labute approximate surface area is 126 Å². The third-order valence-corrected chi connectivity index (χ3v) is 3.54. The molecular weight excluding hydrogens is 278 g/mol. The van der Waals surface area contributed by atoms with Gasteiger partial charge in [-0.1, -0.05) is 30.8 Å². The van der Waals surface area contributed by atoms with Gasteiger partial charge in [-0.3, -0.25) is 4.79 Å². The van der Waals surface area contributed by atoms with E-state index in [1.807, 2.05) is 24.3 Å². The summed E-state index contributed by atoms with van der Waals surface area (Å²) in [5, 5.41) is 9.99. The second kappa shape index (κ2) is 5.33. The van der Waals surface area contributed by atoms with Crippen molar-refractivity contribution in [1.29, 1.82) is 0 Å². The number of allylic oxidation sites excluding steroid dienone is 1. The highest BCUT2D eigenvalue weighted by Crippen LogP contribution is 2.30. The summed E-state index contributed by atoms with van der Waals surface area (Å²) in [6.07, 6.45) is 1.26. The maximum Gasteiger partial charge on any atom is 0.335 e. The largest absolute Gasteiger partial charge is 0.478 e. The molecule has 0 amide bonds. The molecule has 22 heavy (non-hydrogen) atoms. The minimum absolute atomic E-state index is 0.179. The van der Waals surface area contributed by atoms with E-state index in [1.54, 1.807) is 24.3 Å². The van der Waals surface area contributed by atoms with Crippen molar-refractivity contribution in [2.75, 3.05) is 0 Å². The van der Waals surface area contributed by atoms with Gasteiger partial charge in [-0.05, 0) is 41.5 Å². The van der Waals surface area contributed by atoms with Crippen LogP contribution in [0.2, 0.25) is 0 Å². The van der Waals surface area contributed by atoms with Crippen LogP contribution in [0.25, 0.3) is 22.0 Å². The van der Waals surface area contributed by atoms with Crippen molar-refractivity contribution in [3.05, 3.63) is 72.4 Å². The highest BCUT2D eigenvalue weighted by Gasteiger charge is 2.11. The van der Waals surface area contributed by atoms with Crippen LogP contribution in [0, 0.1) is 0 Å². The van der Waals surface area contributed by atoms with Crippen LogP contribution >= 0.6 is 0 Å². The van der Waals surface area contributed by atoms with E-state index < -0.39 is 5.97 Å². The third kappa shape index (κ3) is 2.31. The summed E-state index contributed by atoms with van der Waals surface area (Å²) in [5.41, 5.74) is 3.18. The molecule has 0 bridgehead atoms. The summed E-state index contributed by atoms with van der Waals surface area (Å²) in [6, 6.07) is 14.1. The molecule has 1 heterocycles. The van der Waals surface area contributed by atoms with Gasteiger partial charge >= 0.3 is 5.97 Å². The molecule has 0 fully saturated rings. The number of carbonyl (C=O) groups is 2. The van der Waals surface area contributed by atoms with Gasteiger partial charge in [-0.25, -0.2) is 4.79 Å². The fourth-order valence-corrected chi connectivity index (χ4v) is 2.47. The van der Waals surface area contributed by atoms with Crippen LogP contribution in [0.1, 0.15) is 20.8 Å². The van der Waals surface area contributed by atoms with Crippen LogP contribution in [0.4, 0.5) is 0 Å². The molecule has 1 aromatic heterocycles. The van der Waals surface area contributed by atoms with Crippen LogP contribution in [0.5, 0.6) is 0 Å². The second-order valence-electron chi connectivity index (χ2n) is 4.90. The number of nitrogens with one attached hydrogen (secondary N) is 1. The Hall–Kier alpha value is -3.14. The summed E-state index contributed by atoms with van der Waals surface area (Å²) < 4.78 is 0. The Morgan fingerprint density at radius 3 is 2.59 bits per heavy atom. The molecule has 0 aliphatic rings. The van der Waals surface area contributed by atoms with E-state index in [1.165, 1.54) is 6.08 Å². The zero-order chi connectivity index (χ0) is 15.7. The number of aromatic nitrogens is 1. The molecule has 0 atom stereocenters. The number of carbonyl (C=O) groups excluding carboxylic acids is 1. The van der Waals surface area contributed by atoms with Crippen LogP contribution in [0.15, 0.2) is 61.2 Å². The average Bonchev–Trinajstić information content (AvgIpc) is 2.98. The minimum atomic E-state index is -0.967. The van der Waals surface area contributed by atoms with Gasteiger partial charge in [-0.15, -0.1) is 0 Å². The van der Waals surface area contributed by atoms with Crippen molar-refractivity contribution in [3.63, 3.8) is 0 Å². The Bertz CT molecular complexity index is 906. The molecule has 0 radical (unpaired) electrons. The number of ketones is 1. The summed E-state index contributed by atoms with van der Waals surface area (Å²) in [7, 11) is 0. The smallest absolute Gasteiger partial charge is 0.335 e. The normalized spacial score (nSPS) is 10.5. The highest BCUT2D eigenvalue weighted by molar-refractivity contribution is 6.08. The van der Waals surface area contributed by atoms with Crippen LogP contribution in [0.3, 0.4) is 0 Å². The van der Waals surface area contributed by atoms with Crippen LogP contribution < -0.4 is 0 Å². The van der Waals surface area contributed by atoms with Crippen molar-refractivity contribution in [2.45, 2.75) is 0 Å². The van der Waals surface area contributed by atoms with Gasteiger partial charge in [0, 0.05) is 10.9 Å². The molecule has 0 saturated carbocycles. The van der Waals surface area contributed by atoms with Gasteiger partial charge < -0.3 is 10.1 Å². The molecule has 0 aliphatic heterocycles. The van der Waals surface area contributed by atoms with Gasteiger partial charge in [0.25, 0.3) is 0 Å². The predicted octanol–water partition coefficient (Wildman–Crippen LogP) is 3.90. The van der Waals surface area contributed by atoms with Crippen LogP contribution in [-0.2, 0) is 0 Å². The summed E-state index contributed by atoms with van der Waals surface area (Å²) in [6.45, 7) is 3.48. The van der Waals surface area contributed by atoms with E-state index in [0.717, 1.165) is 22.0 Å². The van der Waals surface area contributed by atoms with E-state index >= 15 is 0 Å². The first-order chi connectivity index (χ1) is 10.6. The number of H-pyrrole nitrogens is 1. The number of fused-ring (bicyclic) bond motifs is 1. The zero-order valence-electron chi connectivity index (χ0n) is 11.7. The molecule has 0 spiro atoms. The maximum atomic E-state index is 11.7. The van der Waals surface area contributed by atoms with Crippen molar-refractivity contribution < 1.29 is 14.7 Å². The molecule has 108 valence electrons. The van der Waals surface area contributed by atoms with E-state index in [0.29, 0.717) is 5.69 Å². The molecule has 0 saturated heterocycles. The van der Waals surface area contributed by atoms with E-state index in [-0.39, 0.29) is 11.3 Å². The molecule has 4 nitrogen and oxygen atoms in total. The number of carboxylic acids is 1. The van der Waals surface area contributed by atoms with Gasteiger partial charge in [0.05, 0.1) is 11.3 Å². The number of hydrogen-bond acceptors (Lipinski definition) is 2. The fourth-order valence-electron chi connectivity index (χ4n) is 2.47. The monoisotopic (exact) mass is 291 g/mol. The van der Waals surface area contributed by atoms with E-state index in [2.05, 4.69) is 11.6 Å². The van der Waals surface area contributed by atoms with Crippen molar-refractivity contribution in [3.8, 4) is 11.1 Å². The first kappa shape index (κ1) is 13.8. The summed E-state index contributed by atoms with van der Waals surface area (Å²) in [5.74, 6) is -1.15. The lowest BCUT2D eigenvalue weighted by Gasteiger charge is -2.04. The molecule has 2 N–H and O–H groups in total. The lowest BCUT2D eigenvalue weighted by Crippen LogP contribution is -1.95. The molecule has 0 unspecified atom stereocenters. The molecule has 3 rings (SSSR count). The third-order valence-electron chi connectivity index (χ3n) is 3.54. The van der Waals surface area contributed by atoms with Crippen molar-refractivity contribution in [1.82, 2.24) is 4.98 Å². The SMILES string of the molecule is C=CC(=O)c1cc2c(-c3cccc(C(=O)O)c3)cccc2[nH]1. The average molecular weight is 291 g/mol. The van der Waals surface area contributed by atoms with E-state index in [9.17, 15) is 9.59 Å². The van der Waals surface area contributed by atoms with Gasteiger partial charge in [0.15, 0.2) is 0 Å². The predicted molar refractivity (Wildman–Crippen MR) is 85.2 cm³/mol. The summed E-state index contributed by atoms with van der Waals surface area (Å²) >= 11 is 0. The highest BCUT2D eigenvalue weighted by atomic mass is 16.4.